The Labute approximate surface area is 93.1 Å². The fourth-order valence-corrected chi connectivity index (χ4v) is 1.79. The second kappa shape index (κ2) is 3.26. The van der Waals surface area contributed by atoms with Crippen molar-refractivity contribution in [2.45, 2.75) is 0 Å². The Kier molecular flexibility index (Phi) is 2.25. The van der Waals surface area contributed by atoms with Crippen molar-refractivity contribution in [3.05, 3.63) is 38.5 Å². The summed E-state index contributed by atoms with van der Waals surface area (Å²) in [5.74, 6) is 0. The summed E-state index contributed by atoms with van der Waals surface area (Å²) in [6.45, 7) is 0. The van der Waals surface area contributed by atoms with Gasteiger partial charge in [-0.05, 0) is 57.4 Å². The van der Waals surface area contributed by atoms with Crippen LogP contribution in [0.25, 0.3) is 10.9 Å². The Bertz CT molecular complexity index is 475. The number of hydrogen-bond donors (Lipinski definition) is 0. The molecule has 0 atom stereocenters. The van der Waals surface area contributed by atoms with E-state index >= 15 is 0 Å². The first-order chi connectivity index (χ1) is 6.18. The van der Waals surface area contributed by atoms with E-state index in [0.717, 1.165) is 9.90 Å². The van der Waals surface area contributed by atoms with Gasteiger partial charge in [-0.15, -0.1) is 0 Å². The van der Waals surface area contributed by atoms with Crippen LogP contribution in [0, 0.1) is 8.78 Å². The van der Waals surface area contributed by atoms with E-state index in [9.17, 15) is 5.21 Å². The highest BCUT2D eigenvalue weighted by Gasteiger charge is 2.08. The minimum Gasteiger partial charge on any atom is -0.710 e. The lowest BCUT2D eigenvalue weighted by Gasteiger charge is -2.04. The van der Waals surface area contributed by atoms with E-state index in [1.54, 1.807) is 6.07 Å². The Morgan fingerprint density at radius 2 is 2.23 bits per heavy atom. The van der Waals surface area contributed by atoms with Crippen LogP contribution in [0.4, 0.5) is 0 Å². The predicted octanol–water partition coefficient (Wildman–Crippen LogP) is 2.13. The molecule has 0 aliphatic heterocycles. The standard InChI is InChI=1S/C8H4ClIN2O/c9-8-6-3-5(10)1-2-7(6)12(13)4-11-8/h1-4H. The number of aromatic nitrogens is 2. The molecule has 13 heavy (non-hydrogen) atoms. The molecule has 0 bridgehead atoms. The number of rotatable bonds is 0. The van der Waals surface area contributed by atoms with Crippen LogP contribution in [0.1, 0.15) is 0 Å². The van der Waals surface area contributed by atoms with Crippen molar-refractivity contribution in [2.24, 2.45) is 0 Å². The summed E-state index contributed by atoms with van der Waals surface area (Å²) in [6.07, 6.45) is 1.16. The molecule has 0 N–H and O–H groups in total. The van der Waals surface area contributed by atoms with E-state index in [4.69, 9.17) is 11.6 Å². The number of hydrogen-bond acceptors (Lipinski definition) is 2. The third-order valence-electron chi connectivity index (χ3n) is 1.69. The molecular weight excluding hydrogens is 302 g/mol. The van der Waals surface area contributed by atoms with Crippen molar-refractivity contribution < 1.29 is 4.73 Å². The zero-order valence-electron chi connectivity index (χ0n) is 6.37. The smallest absolute Gasteiger partial charge is 0.291 e. The van der Waals surface area contributed by atoms with Gasteiger partial charge in [0.15, 0.2) is 0 Å². The van der Waals surface area contributed by atoms with Gasteiger partial charge in [0.1, 0.15) is 5.52 Å². The Balaban J connectivity index is 2.92. The fourth-order valence-electron chi connectivity index (χ4n) is 1.10. The summed E-state index contributed by atoms with van der Waals surface area (Å²) < 4.78 is 1.73. The van der Waals surface area contributed by atoms with Crippen LogP contribution >= 0.6 is 34.2 Å². The van der Waals surface area contributed by atoms with Gasteiger partial charge in [0.05, 0.1) is 5.39 Å². The number of halogens is 2. The van der Waals surface area contributed by atoms with Crippen LogP contribution in [0.3, 0.4) is 0 Å². The Morgan fingerprint density at radius 3 is 3.00 bits per heavy atom. The van der Waals surface area contributed by atoms with Crippen LogP contribution < -0.4 is 4.73 Å². The largest absolute Gasteiger partial charge is 0.710 e. The topological polar surface area (TPSA) is 39.8 Å². The van der Waals surface area contributed by atoms with E-state index in [2.05, 4.69) is 27.6 Å². The highest BCUT2D eigenvalue weighted by molar-refractivity contribution is 14.1. The molecular formula is C8H4ClIN2O. The molecule has 0 saturated carbocycles. The summed E-state index contributed by atoms with van der Waals surface area (Å²) >= 11 is 7.99. The maximum Gasteiger partial charge on any atom is 0.291 e. The third kappa shape index (κ3) is 1.55. The van der Waals surface area contributed by atoms with Gasteiger partial charge >= 0.3 is 0 Å². The molecule has 0 saturated heterocycles. The van der Waals surface area contributed by atoms with Gasteiger partial charge in [0, 0.05) is 3.57 Å². The quantitative estimate of drug-likeness (QED) is 0.324. The van der Waals surface area contributed by atoms with Crippen molar-refractivity contribution in [1.29, 1.82) is 0 Å². The van der Waals surface area contributed by atoms with E-state index in [1.807, 2.05) is 12.1 Å². The molecule has 0 radical (unpaired) electrons. The Morgan fingerprint density at radius 1 is 1.46 bits per heavy atom. The monoisotopic (exact) mass is 306 g/mol. The fraction of sp³-hybridized carbons (Fsp3) is 0. The molecule has 0 unspecified atom stereocenters. The van der Waals surface area contributed by atoms with Gasteiger partial charge in [0.2, 0.25) is 0 Å². The second-order valence-corrected chi connectivity index (χ2v) is 4.13. The van der Waals surface area contributed by atoms with Gasteiger partial charge < -0.3 is 5.21 Å². The van der Waals surface area contributed by atoms with Gasteiger partial charge in [-0.25, -0.2) is 4.73 Å². The van der Waals surface area contributed by atoms with Crippen LogP contribution in [-0.2, 0) is 0 Å². The van der Waals surface area contributed by atoms with Gasteiger partial charge in [-0.3, -0.25) is 0 Å². The first kappa shape index (κ1) is 8.96. The number of benzene rings is 1. The highest BCUT2D eigenvalue weighted by Crippen LogP contribution is 2.20. The zero-order chi connectivity index (χ0) is 9.42. The molecule has 1 aromatic heterocycles. The second-order valence-electron chi connectivity index (χ2n) is 2.52. The molecule has 0 amide bonds. The van der Waals surface area contributed by atoms with Crippen molar-refractivity contribution in [1.82, 2.24) is 4.98 Å². The Hall–Kier alpha value is -0.620. The van der Waals surface area contributed by atoms with E-state index in [1.165, 1.54) is 0 Å². The average Bonchev–Trinajstić information content (AvgIpc) is 2.12. The van der Waals surface area contributed by atoms with Crippen LogP contribution in [0.2, 0.25) is 5.15 Å². The van der Waals surface area contributed by atoms with Crippen LogP contribution in [-0.4, -0.2) is 4.98 Å². The molecule has 5 heteroatoms. The lowest BCUT2D eigenvalue weighted by atomic mass is 10.2. The molecule has 2 rings (SSSR count). The molecule has 0 aliphatic carbocycles. The lowest BCUT2D eigenvalue weighted by molar-refractivity contribution is -0.580. The molecule has 3 nitrogen and oxygen atoms in total. The number of nitrogens with zero attached hydrogens (tertiary/aromatic N) is 2. The first-order valence-electron chi connectivity index (χ1n) is 3.51. The van der Waals surface area contributed by atoms with Crippen molar-refractivity contribution >= 4 is 45.1 Å². The zero-order valence-corrected chi connectivity index (χ0v) is 9.28. The molecule has 1 heterocycles. The minimum absolute atomic E-state index is 0.362. The molecule has 0 spiro atoms. The van der Waals surface area contributed by atoms with E-state index in [0.29, 0.717) is 20.8 Å². The molecule has 1 aromatic carbocycles. The SMILES string of the molecule is [O-][n+]1cnc(Cl)c2cc(I)ccc21. The van der Waals surface area contributed by atoms with Gasteiger partial charge in [-0.1, -0.05) is 0 Å². The lowest BCUT2D eigenvalue weighted by Crippen LogP contribution is -2.27. The molecule has 2 aromatic rings. The maximum absolute atomic E-state index is 11.2. The minimum atomic E-state index is 0.362. The highest BCUT2D eigenvalue weighted by atomic mass is 127. The summed E-state index contributed by atoms with van der Waals surface area (Å²) in [7, 11) is 0. The summed E-state index contributed by atoms with van der Waals surface area (Å²) in [4.78, 5) is 3.76. The third-order valence-corrected chi connectivity index (χ3v) is 2.67. The van der Waals surface area contributed by atoms with Crippen molar-refractivity contribution in [3.63, 3.8) is 0 Å². The first-order valence-corrected chi connectivity index (χ1v) is 4.97. The average molecular weight is 306 g/mol. The molecule has 0 aliphatic rings. The number of fused-ring (bicyclic) bond motifs is 1. The van der Waals surface area contributed by atoms with E-state index in [-0.39, 0.29) is 0 Å². The van der Waals surface area contributed by atoms with Gasteiger partial charge in [-0.2, -0.15) is 0 Å². The van der Waals surface area contributed by atoms with E-state index < -0.39 is 0 Å². The maximum atomic E-state index is 11.2. The summed E-state index contributed by atoms with van der Waals surface area (Å²) in [5.41, 5.74) is 0.542. The predicted molar refractivity (Wildman–Crippen MR) is 58.4 cm³/mol. The summed E-state index contributed by atoms with van der Waals surface area (Å²) in [5, 5.41) is 12.3. The van der Waals surface area contributed by atoms with Crippen molar-refractivity contribution in [3.8, 4) is 0 Å². The van der Waals surface area contributed by atoms with Crippen LogP contribution in [0.15, 0.2) is 24.5 Å². The van der Waals surface area contributed by atoms with Gasteiger partial charge in [0.25, 0.3) is 11.5 Å². The van der Waals surface area contributed by atoms with Crippen LogP contribution in [0.5, 0.6) is 0 Å². The normalized spacial score (nSPS) is 10.6. The molecule has 66 valence electrons. The summed E-state index contributed by atoms with van der Waals surface area (Å²) in [6, 6.07) is 5.42. The molecule has 0 fully saturated rings. The van der Waals surface area contributed by atoms with Crippen molar-refractivity contribution in [2.75, 3.05) is 0 Å².